The maximum absolute atomic E-state index is 10.5. The molecule has 0 spiro atoms. The maximum Gasteiger partial charge on any atom is 0.158 e. The van der Waals surface area contributed by atoms with Gasteiger partial charge in [-0.05, 0) is 17.7 Å². The van der Waals surface area contributed by atoms with E-state index in [1.54, 1.807) is 12.1 Å². The lowest BCUT2D eigenvalue weighted by atomic mass is 10.2. The zero-order valence-corrected chi connectivity index (χ0v) is 8.75. The van der Waals surface area contributed by atoms with E-state index >= 15 is 0 Å². The highest BCUT2D eigenvalue weighted by molar-refractivity contribution is 7.78. The van der Waals surface area contributed by atoms with Gasteiger partial charge in [0.15, 0.2) is 22.2 Å². The van der Waals surface area contributed by atoms with Crippen LogP contribution in [-0.4, -0.2) is 22.5 Å². The van der Waals surface area contributed by atoms with Crippen LogP contribution in [0.25, 0.3) is 0 Å². The van der Waals surface area contributed by atoms with Crippen LogP contribution < -0.4 is 0 Å². The fourth-order valence-electron chi connectivity index (χ4n) is 0.966. The highest BCUT2D eigenvalue weighted by atomic mass is 32.2. The van der Waals surface area contributed by atoms with Gasteiger partial charge in [0.05, 0.1) is 17.2 Å². The Labute approximate surface area is 86.1 Å². The molecular formula is C7H9NO4S2. The molecule has 0 amide bonds. The molecule has 2 N–H and O–H groups in total. The molecule has 2 unspecified atom stereocenters. The number of hydrogen-bond acceptors (Lipinski definition) is 3. The molecule has 0 fully saturated rings. The second-order valence-corrected chi connectivity index (χ2v) is 4.45. The summed E-state index contributed by atoms with van der Waals surface area (Å²) < 4.78 is 38.2. The zero-order chi connectivity index (χ0) is 10.6. The molecule has 0 aliphatic carbocycles. The van der Waals surface area contributed by atoms with Crippen LogP contribution in [0.1, 0.15) is 11.3 Å². The molecule has 2 atom stereocenters. The second kappa shape index (κ2) is 5.30. The van der Waals surface area contributed by atoms with Crippen LogP contribution in [0.2, 0.25) is 0 Å². The number of pyridine rings is 1. The quantitative estimate of drug-likeness (QED) is 0.743. The third-order valence-corrected chi connectivity index (χ3v) is 2.57. The van der Waals surface area contributed by atoms with Crippen LogP contribution in [0.4, 0.5) is 0 Å². The predicted molar refractivity (Wildman–Crippen MR) is 53.2 cm³/mol. The van der Waals surface area contributed by atoms with E-state index in [4.69, 9.17) is 9.11 Å². The largest absolute Gasteiger partial charge is 0.306 e. The first-order chi connectivity index (χ1) is 6.58. The molecule has 1 rings (SSSR count). The van der Waals surface area contributed by atoms with E-state index < -0.39 is 22.2 Å². The Bertz CT molecular complexity index is 337. The summed E-state index contributed by atoms with van der Waals surface area (Å²) >= 11 is -3.84. The molecule has 1 heterocycles. The Morgan fingerprint density at radius 1 is 1.21 bits per heavy atom. The monoisotopic (exact) mass is 235 g/mol. The third-order valence-electron chi connectivity index (χ3n) is 1.44. The molecular weight excluding hydrogens is 226 g/mol. The molecule has 7 heteroatoms. The predicted octanol–water partition coefficient (Wildman–Crippen LogP) is 0.525. The maximum atomic E-state index is 10.5. The van der Waals surface area contributed by atoms with E-state index in [-0.39, 0.29) is 11.5 Å². The van der Waals surface area contributed by atoms with Crippen molar-refractivity contribution in [3.8, 4) is 0 Å². The molecule has 78 valence electrons. The van der Waals surface area contributed by atoms with E-state index in [9.17, 15) is 8.42 Å². The average molecular weight is 235 g/mol. The van der Waals surface area contributed by atoms with E-state index in [2.05, 4.69) is 4.98 Å². The van der Waals surface area contributed by atoms with Crippen molar-refractivity contribution in [1.82, 2.24) is 4.98 Å². The SMILES string of the molecule is O=S(O)Cc1ccnc(CS(=O)O)c1. The van der Waals surface area contributed by atoms with Crippen molar-refractivity contribution in [3.63, 3.8) is 0 Å². The van der Waals surface area contributed by atoms with Crippen molar-refractivity contribution in [1.29, 1.82) is 0 Å². The minimum atomic E-state index is -1.94. The van der Waals surface area contributed by atoms with Crippen LogP contribution >= 0.6 is 0 Å². The molecule has 5 nitrogen and oxygen atoms in total. The molecule has 0 saturated carbocycles. The zero-order valence-electron chi connectivity index (χ0n) is 7.12. The molecule has 0 aliphatic heterocycles. The molecule has 0 bridgehead atoms. The number of aromatic nitrogens is 1. The summed E-state index contributed by atoms with van der Waals surface area (Å²) in [5.41, 5.74) is 1.06. The Morgan fingerprint density at radius 3 is 2.43 bits per heavy atom. The van der Waals surface area contributed by atoms with Gasteiger partial charge in [0, 0.05) is 6.20 Å². The second-order valence-electron chi connectivity index (χ2n) is 2.59. The van der Waals surface area contributed by atoms with Crippen molar-refractivity contribution in [2.45, 2.75) is 11.5 Å². The first-order valence-corrected chi connectivity index (χ1v) is 6.22. The summed E-state index contributed by atoms with van der Waals surface area (Å²) in [5, 5.41) is 0. The summed E-state index contributed by atoms with van der Waals surface area (Å²) in [5.74, 6) is -0.0561. The van der Waals surface area contributed by atoms with Gasteiger partial charge in [-0.25, -0.2) is 8.42 Å². The lowest BCUT2D eigenvalue weighted by Gasteiger charge is -2.00. The van der Waals surface area contributed by atoms with Gasteiger partial charge in [0.2, 0.25) is 0 Å². The normalized spacial score (nSPS) is 15.0. The van der Waals surface area contributed by atoms with Crippen LogP contribution in [-0.2, 0) is 33.7 Å². The topological polar surface area (TPSA) is 87.5 Å². The molecule has 1 aromatic rings. The van der Waals surface area contributed by atoms with Gasteiger partial charge in [0.25, 0.3) is 0 Å². The Balaban J connectivity index is 2.78. The third kappa shape index (κ3) is 4.05. The van der Waals surface area contributed by atoms with E-state index in [1.165, 1.54) is 6.20 Å². The van der Waals surface area contributed by atoms with Crippen LogP contribution in [0.5, 0.6) is 0 Å². The standard InChI is InChI=1S/C7H9NO4S2/c9-13(10)4-6-1-2-8-7(3-6)5-14(11)12/h1-3H,4-5H2,(H,9,10)(H,11,12). The van der Waals surface area contributed by atoms with Crippen LogP contribution in [0.3, 0.4) is 0 Å². The molecule has 0 radical (unpaired) electrons. The average Bonchev–Trinajstić information content (AvgIpc) is 2.01. The number of rotatable bonds is 4. The Hall–Kier alpha value is -0.630. The van der Waals surface area contributed by atoms with Gasteiger partial charge in [0.1, 0.15) is 0 Å². The van der Waals surface area contributed by atoms with E-state index in [0.29, 0.717) is 11.3 Å². The highest BCUT2D eigenvalue weighted by Crippen LogP contribution is 2.05. The van der Waals surface area contributed by atoms with Crippen molar-refractivity contribution >= 4 is 22.2 Å². The van der Waals surface area contributed by atoms with Gasteiger partial charge >= 0.3 is 0 Å². The molecule has 0 aliphatic rings. The fourth-order valence-corrected chi connectivity index (χ4v) is 1.84. The van der Waals surface area contributed by atoms with E-state index in [0.717, 1.165) is 0 Å². The van der Waals surface area contributed by atoms with Gasteiger partial charge in [-0.2, -0.15) is 0 Å². The summed E-state index contributed by atoms with van der Waals surface area (Å²) in [6.07, 6.45) is 1.45. The Morgan fingerprint density at radius 2 is 1.86 bits per heavy atom. The van der Waals surface area contributed by atoms with E-state index in [1.807, 2.05) is 0 Å². The lowest BCUT2D eigenvalue weighted by molar-refractivity contribution is 0.562. The van der Waals surface area contributed by atoms with Crippen molar-refractivity contribution in [3.05, 3.63) is 29.6 Å². The fraction of sp³-hybridized carbons (Fsp3) is 0.286. The van der Waals surface area contributed by atoms with Crippen molar-refractivity contribution in [2.75, 3.05) is 0 Å². The summed E-state index contributed by atoms with van der Waals surface area (Å²) in [7, 11) is 0. The number of nitrogens with zero attached hydrogens (tertiary/aromatic N) is 1. The molecule has 0 aromatic carbocycles. The smallest absolute Gasteiger partial charge is 0.158 e. The Kier molecular flexibility index (Phi) is 4.33. The van der Waals surface area contributed by atoms with Crippen molar-refractivity contribution in [2.24, 2.45) is 0 Å². The lowest BCUT2D eigenvalue weighted by Crippen LogP contribution is -1.99. The minimum absolute atomic E-state index is 0.00752. The summed E-state index contributed by atoms with van der Waals surface area (Å²) in [6, 6.07) is 3.14. The summed E-state index contributed by atoms with van der Waals surface area (Å²) in [6.45, 7) is 0. The first kappa shape index (κ1) is 11.4. The highest BCUT2D eigenvalue weighted by Gasteiger charge is 2.03. The molecule has 14 heavy (non-hydrogen) atoms. The van der Waals surface area contributed by atoms with Crippen molar-refractivity contribution < 1.29 is 17.5 Å². The summed E-state index contributed by atoms with van der Waals surface area (Å²) in [4.78, 5) is 3.85. The van der Waals surface area contributed by atoms with Gasteiger partial charge < -0.3 is 9.11 Å². The van der Waals surface area contributed by atoms with Gasteiger partial charge in [-0.15, -0.1) is 0 Å². The van der Waals surface area contributed by atoms with Gasteiger partial charge in [-0.1, -0.05) is 0 Å². The van der Waals surface area contributed by atoms with Gasteiger partial charge in [-0.3, -0.25) is 4.98 Å². The molecule has 0 saturated heterocycles. The molecule has 1 aromatic heterocycles. The number of hydrogen-bond donors (Lipinski definition) is 2. The van der Waals surface area contributed by atoms with Crippen LogP contribution in [0, 0.1) is 0 Å². The van der Waals surface area contributed by atoms with Crippen LogP contribution in [0.15, 0.2) is 18.3 Å². The first-order valence-electron chi connectivity index (χ1n) is 3.66. The minimum Gasteiger partial charge on any atom is -0.306 e.